The highest BCUT2D eigenvalue weighted by Gasteiger charge is 2.08. The van der Waals surface area contributed by atoms with Gasteiger partial charge in [0.05, 0.1) is 0 Å². The van der Waals surface area contributed by atoms with Crippen LogP contribution in [-0.4, -0.2) is 47.7 Å². The first-order valence-corrected chi connectivity index (χ1v) is 8.93. The second-order valence-corrected chi connectivity index (χ2v) is 6.23. The van der Waals surface area contributed by atoms with E-state index in [2.05, 4.69) is 24.6 Å². The number of aliphatic imine (C=N–C) groups is 1. The van der Waals surface area contributed by atoms with Crippen molar-refractivity contribution in [3.63, 3.8) is 0 Å². The van der Waals surface area contributed by atoms with Gasteiger partial charge >= 0.3 is 6.61 Å². The molecule has 0 amide bonds. The van der Waals surface area contributed by atoms with E-state index >= 15 is 0 Å². The minimum absolute atomic E-state index is 0. The van der Waals surface area contributed by atoms with Crippen LogP contribution in [0.4, 0.5) is 8.78 Å². The first-order valence-electron chi connectivity index (χ1n) is 8.93. The summed E-state index contributed by atoms with van der Waals surface area (Å²) in [5.74, 6) is 1.98. The molecule has 9 heteroatoms. The zero-order valence-electron chi connectivity index (χ0n) is 16.4. The van der Waals surface area contributed by atoms with E-state index < -0.39 is 6.61 Å². The van der Waals surface area contributed by atoms with Gasteiger partial charge in [0.1, 0.15) is 11.6 Å². The second kappa shape index (κ2) is 12.5. The van der Waals surface area contributed by atoms with Crippen LogP contribution in [0.1, 0.15) is 24.2 Å². The van der Waals surface area contributed by atoms with E-state index in [-0.39, 0.29) is 29.7 Å². The molecule has 2 aromatic rings. The van der Waals surface area contributed by atoms with Gasteiger partial charge in [0.25, 0.3) is 0 Å². The van der Waals surface area contributed by atoms with Gasteiger partial charge in [-0.3, -0.25) is 4.99 Å². The van der Waals surface area contributed by atoms with Crippen LogP contribution in [0.15, 0.2) is 41.7 Å². The number of hydrogen-bond acceptors (Lipinski definition) is 3. The lowest BCUT2D eigenvalue weighted by molar-refractivity contribution is -0.0498. The number of benzene rings is 1. The molecule has 0 aliphatic rings. The molecule has 0 saturated heterocycles. The number of aromatic nitrogens is 2. The monoisotopic (exact) mass is 507 g/mol. The average Bonchev–Trinajstić information content (AvgIpc) is 3.04. The van der Waals surface area contributed by atoms with Crippen LogP contribution in [0.5, 0.6) is 5.75 Å². The molecule has 28 heavy (non-hydrogen) atoms. The van der Waals surface area contributed by atoms with E-state index in [1.807, 2.05) is 31.3 Å². The highest BCUT2D eigenvalue weighted by Crippen LogP contribution is 2.15. The number of aryl methyl sites for hydroxylation is 2. The van der Waals surface area contributed by atoms with Crippen molar-refractivity contribution in [2.75, 3.05) is 20.6 Å². The summed E-state index contributed by atoms with van der Waals surface area (Å²) in [7, 11) is 3.68. The van der Waals surface area contributed by atoms with Crippen molar-refractivity contribution in [1.82, 2.24) is 19.8 Å². The molecule has 0 atom stereocenters. The number of unbranched alkanes of at least 4 members (excludes halogenated alkanes) is 1. The van der Waals surface area contributed by atoms with Gasteiger partial charge in [-0.25, -0.2) is 4.98 Å². The van der Waals surface area contributed by atoms with Crippen LogP contribution in [0, 0.1) is 6.92 Å². The van der Waals surface area contributed by atoms with E-state index in [0.29, 0.717) is 6.54 Å². The molecule has 156 valence electrons. The highest BCUT2D eigenvalue weighted by molar-refractivity contribution is 14.0. The van der Waals surface area contributed by atoms with Gasteiger partial charge in [-0.15, -0.1) is 24.0 Å². The Kier molecular flexibility index (Phi) is 10.8. The Labute approximate surface area is 182 Å². The summed E-state index contributed by atoms with van der Waals surface area (Å²) in [5.41, 5.74) is 0.984. The molecule has 0 radical (unpaired) electrons. The first kappa shape index (κ1) is 24.1. The standard InChI is InChI=1S/C19H27F2N5O.HI/c1-15-23-11-13-26(15)12-5-4-10-24-19(22-2)25(3)14-16-6-8-17(9-7-16)27-18(20)21;/h6-9,11,13,18H,4-5,10,12,14H2,1-3H3,(H,22,24);1H. The van der Waals surface area contributed by atoms with Crippen molar-refractivity contribution in [1.29, 1.82) is 0 Å². The number of imidazole rings is 1. The summed E-state index contributed by atoms with van der Waals surface area (Å²) >= 11 is 0. The molecule has 6 nitrogen and oxygen atoms in total. The maximum Gasteiger partial charge on any atom is 0.387 e. The SMILES string of the molecule is CN=C(NCCCCn1ccnc1C)N(C)Cc1ccc(OC(F)F)cc1.I. The molecule has 0 spiro atoms. The zero-order valence-corrected chi connectivity index (χ0v) is 18.8. The van der Waals surface area contributed by atoms with Crippen LogP contribution in [0.2, 0.25) is 0 Å². The number of rotatable bonds is 9. The van der Waals surface area contributed by atoms with E-state index in [0.717, 1.165) is 43.3 Å². The molecule has 2 rings (SSSR count). The minimum Gasteiger partial charge on any atom is -0.435 e. The molecule has 1 heterocycles. The number of hydrogen-bond donors (Lipinski definition) is 1. The van der Waals surface area contributed by atoms with Gasteiger partial charge in [0.2, 0.25) is 0 Å². The fourth-order valence-corrected chi connectivity index (χ4v) is 2.76. The summed E-state index contributed by atoms with van der Waals surface area (Å²) < 4.78 is 30.9. The van der Waals surface area contributed by atoms with Gasteiger partial charge in [-0.1, -0.05) is 12.1 Å². The number of nitrogens with zero attached hydrogens (tertiary/aromatic N) is 4. The normalized spacial score (nSPS) is 11.3. The number of ether oxygens (including phenoxy) is 1. The van der Waals surface area contributed by atoms with Crippen molar-refractivity contribution in [2.45, 2.75) is 39.5 Å². The Morgan fingerprint density at radius 3 is 2.57 bits per heavy atom. The van der Waals surface area contributed by atoms with E-state index in [9.17, 15) is 8.78 Å². The number of alkyl halides is 2. The Morgan fingerprint density at radius 2 is 2.00 bits per heavy atom. The third-order valence-corrected chi connectivity index (χ3v) is 4.17. The van der Waals surface area contributed by atoms with Gasteiger partial charge in [0.15, 0.2) is 5.96 Å². The molecular formula is C19H28F2IN5O. The van der Waals surface area contributed by atoms with Gasteiger partial charge in [-0.2, -0.15) is 8.78 Å². The largest absolute Gasteiger partial charge is 0.435 e. The van der Waals surface area contributed by atoms with Crippen LogP contribution in [0.25, 0.3) is 0 Å². The summed E-state index contributed by atoms with van der Waals surface area (Å²) in [6, 6.07) is 6.64. The van der Waals surface area contributed by atoms with Crippen molar-refractivity contribution >= 4 is 29.9 Å². The zero-order chi connectivity index (χ0) is 19.6. The smallest absolute Gasteiger partial charge is 0.387 e. The van der Waals surface area contributed by atoms with Crippen molar-refractivity contribution in [2.24, 2.45) is 4.99 Å². The quantitative estimate of drug-likeness (QED) is 0.242. The maximum atomic E-state index is 12.2. The summed E-state index contributed by atoms with van der Waals surface area (Å²) in [5, 5.41) is 3.35. The van der Waals surface area contributed by atoms with Crippen molar-refractivity contribution in [3.05, 3.63) is 48.0 Å². The fourth-order valence-electron chi connectivity index (χ4n) is 2.76. The first-order chi connectivity index (χ1) is 13.0. The third kappa shape index (κ3) is 7.99. The maximum absolute atomic E-state index is 12.2. The van der Waals surface area contributed by atoms with Crippen LogP contribution >= 0.6 is 24.0 Å². The molecule has 0 aliphatic heterocycles. The van der Waals surface area contributed by atoms with E-state index in [1.54, 1.807) is 31.3 Å². The average molecular weight is 507 g/mol. The summed E-state index contributed by atoms with van der Waals surface area (Å²) in [4.78, 5) is 10.5. The molecule has 0 bridgehead atoms. The Bertz CT molecular complexity index is 721. The predicted octanol–water partition coefficient (Wildman–Crippen LogP) is 3.90. The lowest BCUT2D eigenvalue weighted by Crippen LogP contribution is -2.38. The predicted molar refractivity (Wildman–Crippen MR) is 118 cm³/mol. The van der Waals surface area contributed by atoms with Gasteiger partial charge < -0.3 is 19.5 Å². The summed E-state index contributed by atoms with van der Waals surface area (Å²) in [6.07, 6.45) is 5.88. The van der Waals surface area contributed by atoms with Gasteiger partial charge in [-0.05, 0) is 37.5 Å². The van der Waals surface area contributed by atoms with Crippen LogP contribution < -0.4 is 10.1 Å². The van der Waals surface area contributed by atoms with Gasteiger partial charge in [0, 0.05) is 46.1 Å². The summed E-state index contributed by atoms with van der Waals surface area (Å²) in [6.45, 7) is 1.59. The Hall–Kier alpha value is -1.91. The minimum atomic E-state index is -2.81. The van der Waals surface area contributed by atoms with Crippen molar-refractivity contribution in [3.8, 4) is 5.75 Å². The van der Waals surface area contributed by atoms with Crippen molar-refractivity contribution < 1.29 is 13.5 Å². The molecular weight excluding hydrogens is 479 g/mol. The molecule has 1 N–H and O–H groups in total. The third-order valence-electron chi connectivity index (χ3n) is 4.17. The Morgan fingerprint density at radius 1 is 1.29 bits per heavy atom. The molecule has 1 aromatic heterocycles. The number of guanidine groups is 1. The molecule has 0 fully saturated rings. The lowest BCUT2D eigenvalue weighted by atomic mass is 10.2. The topological polar surface area (TPSA) is 54.7 Å². The number of halogens is 3. The molecule has 0 unspecified atom stereocenters. The van der Waals surface area contributed by atoms with E-state index in [4.69, 9.17) is 0 Å². The van der Waals surface area contributed by atoms with Crippen LogP contribution in [0.3, 0.4) is 0 Å². The second-order valence-electron chi connectivity index (χ2n) is 6.23. The lowest BCUT2D eigenvalue weighted by Gasteiger charge is -2.22. The fraction of sp³-hybridized carbons (Fsp3) is 0.474. The molecule has 0 saturated carbocycles. The van der Waals surface area contributed by atoms with Crippen LogP contribution in [-0.2, 0) is 13.1 Å². The highest BCUT2D eigenvalue weighted by atomic mass is 127. The Balaban J connectivity index is 0.00000392. The van der Waals surface area contributed by atoms with E-state index in [1.165, 1.54) is 0 Å². The number of nitrogens with one attached hydrogen (secondary N) is 1. The molecule has 0 aliphatic carbocycles. The molecule has 1 aromatic carbocycles.